The van der Waals surface area contributed by atoms with Gasteiger partial charge in [-0.3, -0.25) is 9.59 Å². The zero-order valence-electron chi connectivity index (χ0n) is 12.4. The van der Waals surface area contributed by atoms with Gasteiger partial charge in [-0.25, -0.2) is 8.42 Å². The van der Waals surface area contributed by atoms with Crippen LogP contribution in [0.4, 0.5) is 0 Å². The lowest BCUT2D eigenvalue weighted by atomic mass is 10.4. The molecule has 2 rings (SSSR count). The van der Waals surface area contributed by atoms with Gasteiger partial charge >= 0.3 is 5.97 Å². The van der Waals surface area contributed by atoms with E-state index in [9.17, 15) is 18.0 Å². The number of rotatable bonds is 6. The number of hydrogen-bond donors (Lipinski definition) is 1. The maximum atomic E-state index is 11.9. The largest absolute Gasteiger partial charge is 0.455 e. The molecule has 0 atom stereocenters. The average Bonchev–Trinajstić information content (AvgIpc) is 2.59. The first-order valence-corrected chi connectivity index (χ1v) is 8.53. The van der Waals surface area contributed by atoms with Gasteiger partial charge in [0.2, 0.25) is 10.0 Å². The van der Waals surface area contributed by atoms with E-state index in [0.29, 0.717) is 26.3 Å². The first-order chi connectivity index (χ1) is 11.0. The van der Waals surface area contributed by atoms with Crippen LogP contribution in [-0.4, -0.2) is 64.6 Å². The van der Waals surface area contributed by atoms with E-state index in [1.54, 1.807) is 18.2 Å². The Bertz CT molecular complexity index is 640. The van der Waals surface area contributed by atoms with Crippen molar-refractivity contribution in [2.75, 3.05) is 39.5 Å². The maximum Gasteiger partial charge on any atom is 0.321 e. The van der Waals surface area contributed by atoms with Crippen LogP contribution in [0.3, 0.4) is 0 Å². The molecule has 1 aliphatic rings. The Morgan fingerprint density at radius 1 is 1.17 bits per heavy atom. The monoisotopic (exact) mass is 342 g/mol. The van der Waals surface area contributed by atoms with Crippen LogP contribution in [0, 0.1) is 0 Å². The van der Waals surface area contributed by atoms with Crippen LogP contribution in [0.15, 0.2) is 35.2 Å². The number of benzene rings is 1. The molecule has 0 aliphatic carbocycles. The minimum atomic E-state index is -3.78. The lowest BCUT2D eigenvalue weighted by molar-refractivity contribution is -0.152. The molecule has 0 aromatic heterocycles. The van der Waals surface area contributed by atoms with Crippen molar-refractivity contribution in [2.45, 2.75) is 4.90 Å². The van der Waals surface area contributed by atoms with Gasteiger partial charge < -0.3 is 14.4 Å². The van der Waals surface area contributed by atoms with Crippen LogP contribution in [0.25, 0.3) is 0 Å². The zero-order chi connectivity index (χ0) is 16.7. The van der Waals surface area contributed by atoms with Crippen molar-refractivity contribution >= 4 is 21.9 Å². The second kappa shape index (κ2) is 8.04. The van der Waals surface area contributed by atoms with E-state index in [1.165, 1.54) is 17.0 Å². The number of hydrogen-bond acceptors (Lipinski definition) is 6. The molecule has 1 aromatic rings. The van der Waals surface area contributed by atoms with Crippen LogP contribution in [0.5, 0.6) is 0 Å². The Morgan fingerprint density at radius 3 is 2.48 bits per heavy atom. The van der Waals surface area contributed by atoms with Crippen LogP contribution < -0.4 is 4.72 Å². The van der Waals surface area contributed by atoms with Crippen molar-refractivity contribution < 1.29 is 27.5 Å². The van der Waals surface area contributed by atoms with E-state index in [2.05, 4.69) is 4.72 Å². The predicted molar refractivity (Wildman–Crippen MR) is 80.0 cm³/mol. The van der Waals surface area contributed by atoms with Crippen molar-refractivity contribution in [2.24, 2.45) is 0 Å². The molecule has 1 N–H and O–H groups in total. The fraction of sp³-hybridized carbons (Fsp3) is 0.429. The third kappa shape index (κ3) is 5.31. The summed E-state index contributed by atoms with van der Waals surface area (Å²) in [5.41, 5.74) is 0. The number of nitrogens with zero attached hydrogens (tertiary/aromatic N) is 1. The highest BCUT2D eigenvalue weighted by Crippen LogP contribution is 2.06. The van der Waals surface area contributed by atoms with E-state index in [-0.39, 0.29) is 10.8 Å². The number of esters is 1. The molecule has 0 unspecified atom stereocenters. The summed E-state index contributed by atoms with van der Waals surface area (Å²) in [6, 6.07) is 7.66. The zero-order valence-corrected chi connectivity index (χ0v) is 13.3. The van der Waals surface area contributed by atoms with Crippen molar-refractivity contribution in [1.29, 1.82) is 0 Å². The van der Waals surface area contributed by atoms with Crippen LogP contribution in [0.1, 0.15) is 0 Å². The predicted octanol–water partition coefficient (Wildman–Crippen LogP) is -0.633. The van der Waals surface area contributed by atoms with Crippen molar-refractivity contribution in [3.8, 4) is 0 Å². The minimum Gasteiger partial charge on any atom is -0.455 e. The van der Waals surface area contributed by atoms with Crippen LogP contribution in [-0.2, 0) is 29.1 Å². The molecule has 9 heteroatoms. The first kappa shape index (κ1) is 17.4. The fourth-order valence-corrected chi connectivity index (χ4v) is 2.92. The second-order valence-corrected chi connectivity index (χ2v) is 6.56. The minimum absolute atomic E-state index is 0.0530. The van der Waals surface area contributed by atoms with Gasteiger partial charge in [0.05, 0.1) is 18.1 Å². The molecule has 1 aliphatic heterocycles. The third-order valence-electron chi connectivity index (χ3n) is 3.18. The van der Waals surface area contributed by atoms with Crippen molar-refractivity contribution in [3.05, 3.63) is 30.3 Å². The van der Waals surface area contributed by atoms with Gasteiger partial charge in [-0.1, -0.05) is 18.2 Å². The van der Waals surface area contributed by atoms with Gasteiger partial charge in [0.1, 0.15) is 6.54 Å². The molecule has 0 saturated carbocycles. The summed E-state index contributed by atoms with van der Waals surface area (Å²) in [6.07, 6.45) is 0. The topological polar surface area (TPSA) is 102 Å². The summed E-state index contributed by atoms with van der Waals surface area (Å²) < 4.78 is 35.9. The summed E-state index contributed by atoms with van der Waals surface area (Å²) >= 11 is 0. The second-order valence-electron chi connectivity index (χ2n) is 4.79. The number of amides is 1. The SMILES string of the molecule is O=C(CNS(=O)(=O)c1ccccc1)OCC(=O)N1CCOCC1. The molecule has 1 aromatic carbocycles. The molecular formula is C14H18N2O6S. The molecule has 0 bridgehead atoms. The Hall–Kier alpha value is -1.97. The number of carbonyl (C=O) groups is 2. The fourth-order valence-electron chi connectivity index (χ4n) is 1.93. The molecule has 8 nitrogen and oxygen atoms in total. The van der Waals surface area contributed by atoms with Gasteiger partial charge in [-0.05, 0) is 12.1 Å². The number of morpholine rings is 1. The summed E-state index contributed by atoms with van der Waals surface area (Å²) in [6.45, 7) is 0.876. The highest BCUT2D eigenvalue weighted by molar-refractivity contribution is 7.89. The average molecular weight is 342 g/mol. The number of carbonyl (C=O) groups excluding carboxylic acids is 2. The third-order valence-corrected chi connectivity index (χ3v) is 4.60. The van der Waals surface area contributed by atoms with Crippen LogP contribution >= 0.6 is 0 Å². The Labute approximate surface area is 134 Å². The smallest absolute Gasteiger partial charge is 0.321 e. The summed E-state index contributed by atoms with van der Waals surface area (Å²) in [5.74, 6) is -1.14. The molecular weight excluding hydrogens is 324 g/mol. The standard InChI is InChI=1S/C14H18N2O6S/c17-13(16-6-8-21-9-7-16)11-22-14(18)10-15-23(19,20)12-4-2-1-3-5-12/h1-5,15H,6-11H2. The molecule has 126 valence electrons. The van der Waals surface area contributed by atoms with E-state index in [1.807, 2.05) is 0 Å². The van der Waals surface area contributed by atoms with Gasteiger partial charge in [0.25, 0.3) is 5.91 Å². The summed E-state index contributed by atoms with van der Waals surface area (Å²) in [4.78, 5) is 24.9. The highest BCUT2D eigenvalue weighted by Gasteiger charge is 2.19. The van der Waals surface area contributed by atoms with E-state index in [0.717, 1.165) is 0 Å². The summed E-state index contributed by atoms with van der Waals surface area (Å²) in [7, 11) is -3.78. The van der Waals surface area contributed by atoms with Gasteiger partial charge in [0.15, 0.2) is 6.61 Å². The number of nitrogens with one attached hydrogen (secondary N) is 1. The van der Waals surface area contributed by atoms with Crippen LogP contribution in [0.2, 0.25) is 0 Å². The first-order valence-electron chi connectivity index (χ1n) is 7.05. The lowest BCUT2D eigenvalue weighted by Gasteiger charge is -2.26. The van der Waals surface area contributed by atoms with Crippen molar-refractivity contribution in [3.63, 3.8) is 0 Å². The Balaban J connectivity index is 1.75. The van der Waals surface area contributed by atoms with Gasteiger partial charge in [0, 0.05) is 13.1 Å². The molecule has 1 fully saturated rings. The Kier molecular flexibility index (Phi) is 6.08. The van der Waals surface area contributed by atoms with E-state index < -0.39 is 29.1 Å². The quantitative estimate of drug-likeness (QED) is 0.691. The highest BCUT2D eigenvalue weighted by atomic mass is 32.2. The molecule has 0 radical (unpaired) electrons. The molecule has 0 spiro atoms. The van der Waals surface area contributed by atoms with Crippen molar-refractivity contribution in [1.82, 2.24) is 9.62 Å². The Morgan fingerprint density at radius 2 is 1.83 bits per heavy atom. The summed E-state index contributed by atoms with van der Waals surface area (Å²) in [5, 5.41) is 0. The van der Waals surface area contributed by atoms with Gasteiger partial charge in [-0.2, -0.15) is 4.72 Å². The molecule has 1 amide bonds. The van der Waals surface area contributed by atoms with E-state index in [4.69, 9.17) is 9.47 Å². The maximum absolute atomic E-state index is 11.9. The number of sulfonamides is 1. The van der Waals surface area contributed by atoms with Gasteiger partial charge in [-0.15, -0.1) is 0 Å². The molecule has 1 saturated heterocycles. The lowest BCUT2D eigenvalue weighted by Crippen LogP contribution is -2.43. The number of ether oxygens (including phenoxy) is 2. The molecule has 23 heavy (non-hydrogen) atoms. The normalized spacial score (nSPS) is 15.2. The van der Waals surface area contributed by atoms with E-state index >= 15 is 0 Å². The molecule has 1 heterocycles.